The van der Waals surface area contributed by atoms with E-state index < -0.39 is 17.3 Å². The van der Waals surface area contributed by atoms with Gasteiger partial charge in [-0.05, 0) is 52.1 Å². The molecule has 1 aliphatic heterocycles. The second-order valence-electron chi connectivity index (χ2n) is 15.9. The molecule has 0 aliphatic carbocycles. The fourth-order valence-corrected chi connectivity index (χ4v) is 6.10. The first-order valence-electron chi connectivity index (χ1n) is 22.4. The standard InChI is InChI=1S/C25H37N7O.C8H13NO4.C8H17NO3.C5H12/c1-4-5-6-10-27-24-23-21(28-25(26)29-24)9-11-32(23)18-20-8-7-19(16-22(20)33-3)17-31-14-12-30(2)13-15-31;1-8(2,7(12)13)5-6(11)9-3-4-10;1-9-3-6-12-8-7-11-5-2-4-10;1-3-5-4-2/h7-9,11,16H,4-6,10,12-15,17-18H2,1-3H3,(H3,26,27,28,29);4H,3,5H2,1-2H3,(H,9,11)(H,12,13);4,9H,2-3,5-8H2,1H3;3-5H2,1-2H3. The smallest absolute Gasteiger partial charge is 0.309 e. The molecule has 3 aromatic rings. The SMILES string of the molecule is CC(C)(CC(=O)NCC=O)C(=O)O.CCCCC.CCCCCNc1nc(N)nc2ccn(Cc3ccc(CN4CCN(C)CC4)cc3OC)c12.CNCCOCCOCCC=O. The number of piperazine rings is 1. The number of methoxy groups -OCH3 is 1. The first-order chi connectivity index (χ1) is 30.3. The summed E-state index contributed by atoms with van der Waals surface area (Å²) in [6, 6.07) is 8.58. The van der Waals surface area contributed by atoms with E-state index in [1.54, 1.807) is 7.11 Å². The minimum absolute atomic E-state index is 0.0749. The van der Waals surface area contributed by atoms with Crippen molar-refractivity contribution in [2.24, 2.45) is 5.41 Å². The van der Waals surface area contributed by atoms with Gasteiger partial charge >= 0.3 is 5.97 Å². The average Bonchev–Trinajstić information content (AvgIpc) is 3.66. The van der Waals surface area contributed by atoms with Crippen LogP contribution in [0.1, 0.15) is 97.1 Å². The molecule has 17 heteroatoms. The van der Waals surface area contributed by atoms with Crippen LogP contribution in [0.2, 0.25) is 0 Å². The van der Waals surface area contributed by atoms with Gasteiger partial charge in [-0.15, -0.1) is 0 Å². The van der Waals surface area contributed by atoms with Crippen LogP contribution in [-0.4, -0.2) is 147 Å². The molecule has 63 heavy (non-hydrogen) atoms. The lowest BCUT2D eigenvalue weighted by Gasteiger charge is -2.32. The molecule has 1 fully saturated rings. The topological polar surface area (TPSA) is 216 Å². The van der Waals surface area contributed by atoms with Crippen molar-refractivity contribution in [3.05, 3.63) is 41.6 Å². The monoisotopic (exact) mass is 886 g/mol. The highest BCUT2D eigenvalue weighted by atomic mass is 16.5. The number of rotatable bonds is 26. The molecular weight excluding hydrogens is 807 g/mol. The van der Waals surface area contributed by atoms with Crippen molar-refractivity contribution in [1.82, 2.24) is 35.0 Å². The summed E-state index contributed by atoms with van der Waals surface area (Å²) in [4.78, 5) is 55.1. The van der Waals surface area contributed by atoms with Gasteiger partial charge in [0.05, 0.1) is 57.6 Å². The number of unbranched alkanes of at least 4 members (excludes halogenated alkanes) is 4. The molecule has 0 spiro atoms. The lowest BCUT2D eigenvalue weighted by atomic mass is 9.89. The molecule has 6 N–H and O–H groups in total. The van der Waals surface area contributed by atoms with Gasteiger partial charge in [-0.25, -0.2) is 4.98 Å². The lowest BCUT2D eigenvalue weighted by Crippen LogP contribution is -2.43. The molecule has 1 aliphatic rings. The minimum Gasteiger partial charge on any atom is -0.496 e. The molecule has 4 rings (SSSR count). The summed E-state index contributed by atoms with van der Waals surface area (Å²) in [7, 11) is 5.81. The number of hydrogen-bond acceptors (Lipinski definition) is 14. The van der Waals surface area contributed by atoms with Crippen LogP contribution in [0.4, 0.5) is 11.8 Å². The maximum atomic E-state index is 11.0. The van der Waals surface area contributed by atoms with Crippen LogP contribution in [0.25, 0.3) is 11.0 Å². The van der Waals surface area contributed by atoms with Crippen molar-refractivity contribution < 1.29 is 38.5 Å². The summed E-state index contributed by atoms with van der Waals surface area (Å²) < 4.78 is 18.2. The number of nitrogens with zero attached hydrogens (tertiary/aromatic N) is 5. The third kappa shape index (κ3) is 24.1. The Morgan fingerprint density at radius 3 is 2.16 bits per heavy atom. The number of nitrogens with two attached hydrogens (primary N) is 1. The molecule has 0 bridgehead atoms. The number of carboxylic acids is 1. The number of anilines is 2. The Balaban J connectivity index is 0.000000543. The van der Waals surface area contributed by atoms with E-state index in [0.29, 0.717) is 51.6 Å². The number of carboxylic acid groups (broad SMARTS) is 1. The maximum absolute atomic E-state index is 11.0. The number of carbonyl (C=O) groups excluding carboxylic acids is 3. The van der Waals surface area contributed by atoms with Crippen molar-refractivity contribution in [2.75, 3.05) is 104 Å². The van der Waals surface area contributed by atoms with Gasteiger partial charge in [-0.2, -0.15) is 4.98 Å². The predicted molar refractivity (Wildman–Crippen MR) is 251 cm³/mol. The molecule has 1 amide bonds. The van der Waals surface area contributed by atoms with Crippen LogP contribution >= 0.6 is 0 Å². The average molecular weight is 886 g/mol. The summed E-state index contributed by atoms with van der Waals surface area (Å²) in [5.74, 6) is 0.541. The number of ether oxygens (including phenoxy) is 3. The zero-order chi connectivity index (χ0) is 46.9. The number of aliphatic carboxylic acids is 1. The molecule has 1 saturated heterocycles. The first kappa shape index (κ1) is 56.3. The van der Waals surface area contributed by atoms with E-state index in [0.717, 1.165) is 86.7 Å². The van der Waals surface area contributed by atoms with Crippen molar-refractivity contribution in [3.63, 3.8) is 0 Å². The highest BCUT2D eigenvalue weighted by Gasteiger charge is 2.29. The quantitative estimate of drug-likeness (QED) is 0.0515. The Morgan fingerprint density at radius 2 is 1.57 bits per heavy atom. The van der Waals surface area contributed by atoms with Crippen LogP contribution in [-0.2, 0) is 41.7 Å². The second-order valence-corrected chi connectivity index (χ2v) is 15.9. The molecule has 0 atom stereocenters. The number of benzene rings is 1. The van der Waals surface area contributed by atoms with E-state index in [2.05, 4.69) is 86.3 Å². The number of hydrogen-bond donors (Lipinski definition) is 5. The highest BCUT2D eigenvalue weighted by molar-refractivity contribution is 5.88. The van der Waals surface area contributed by atoms with E-state index in [9.17, 15) is 19.2 Å². The largest absolute Gasteiger partial charge is 0.496 e. The van der Waals surface area contributed by atoms with Gasteiger partial charge in [0.25, 0.3) is 0 Å². The number of fused-ring (bicyclic) bond motifs is 1. The fourth-order valence-electron chi connectivity index (χ4n) is 6.10. The summed E-state index contributed by atoms with van der Waals surface area (Å²) in [6.45, 7) is 19.6. The molecule has 0 radical (unpaired) electrons. The predicted octanol–water partition coefficient (Wildman–Crippen LogP) is 5.25. The van der Waals surface area contributed by atoms with Gasteiger partial charge in [0, 0.05) is 70.4 Å². The second kappa shape index (κ2) is 33.8. The Morgan fingerprint density at radius 1 is 0.889 bits per heavy atom. The van der Waals surface area contributed by atoms with E-state index in [-0.39, 0.29) is 13.0 Å². The number of aromatic nitrogens is 3. The van der Waals surface area contributed by atoms with Crippen molar-refractivity contribution in [1.29, 1.82) is 0 Å². The van der Waals surface area contributed by atoms with Crippen molar-refractivity contribution >= 4 is 47.2 Å². The van der Waals surface area contributed by atoms with Gasteiger partial charge in [0.15, 0.2) is 5.82 Å². The van der Waals surface area contributed by atoms with Gasteiger partial charge in [-0.3, -0.25) is 14.5 Å². The minimum atomic E-state index is -1.09. The zero-order valence-corrected chi connectivity index (χ0v) is 39.5. The van der Waals surface area contributed by atoms with E-state index in [1.807, 2.05) is 19.3 Å². The Labute approximate surface area is 376 Å². The summed E-state index contributed by atoms with van der Waals surface area (Å²) >= 11 is 0. The number of nitrogens with one attached hydrogen (secondary N) is 3. The van der Waals surface area contributed by atoms with Crippen molar-refractivity contribution in [3.8, 4) is 5.75 Å². The van der Waals surface area contributed by atoms with Crippen LogP contribution in [0, 0.1) is 5.41 Å². The van der Waals surface area contributed by atoms with Gasteiger partial charge in [0.2, 0.25) is 11.9 Å². The molecule has 17 nitrogen and oxygen atoms in total. The Kier molecular flexibility index (Phi) is 30.2. The van der Waals surface area contributed by atoms with Gasteiger partial charge < -0.3 is 60.1 Å². The Bertz CT molecular complexity index is 1710. The molecule has 356 valence electrons. The van der Waals surface area contributed by atoms with E-state index in [4.69, 9.17) is 25.1 Å². The Hall–Kier alpha value is -4.68. The molecule has 0 unspecified atom stereocenters. The van der Waals surface area contributed by atoms with Crippen LogP contribution in [0.5, 0.6) is 5.75 Å². The number of likely N-dealkylation sites (N-methyl/N-ethyl adjacent to an activating group) is 2. The van der Waals surface area contributed by atoms with Gasteiger partial charge in [-0.1, -0.05) is 65.0 Å². The third-order valence-electron chi connectivity index (χ3n) is 9.91. The van der Waals surface area contributed by atoms with Crippen LogP contribution in [0.3, 0.4) is 0 Å². The summed E-state index contributed by atoms with van der Waals surface area (Å²) in [5, 5.41) is 17.4. The number of carbonyl (C=O) groups is 4. The molecule has 0 saturated carbocycles. The van der Waals surface area contributed by atoms with E-state index >= 15 is 0 Å². The fraction of sp³-hybridized carbons (Fsp3) is 0.652. The number of amides is 1. The van der Waals surface area contributed by atoms with Gasteiger partial charge in [0.1, 0.15) is 23.8 Å². The first-order valence-corrected chi connectivity index (χ1v) is 22.4. The summed E-state index contributed by atoms with van der Waals surface area (Å²) in [6.07, 6.45) is 11.3. The molecular formula is C46H79N9O8. The third-order valence-corrected chi connectivity index (χ3v) is 9.91. The van der Waals surface area contributed by atoms with Crippen LogP contribution in [0.15, 0.2) is 30.5 Å². The zero-order valence-electron chi connectivity index (χ0n) is 39.5. The van der Waals surface area contributed by atoms with E-state index in [1.165, 1.54) is 51.5 Å². The molecule has 3 heterocycles. The number of aldehydes is 2. The van der Waals surface area contributed by atoms with Crippen molar-refractivity contribution in [2.45, 2.75) is 99.1 Å². The maximum Gasteiger partial charge on any atom is 0.309 e. The molecule has 1 aromatic carbocycles. The molecule has 2 aromatic heterocycles. The highest BCUT2D eigenvalue weighted by Crippen LogP contribution is 2.28. The summed E-state index contributed by atoms with van der Waals surface area (Å²) in [5.41, 5.74) is 9.12. The number of nitrogen functional groups attached to an aromatic ring is 1. The lowest BCUT2D eigenvalue weighted by molar-refractivity contribution is -0.149. The normalized spacial score (nSPS) is 12.8. The van der Waals surface area contributed by atoms with Crippen LogP contribution < -0.4 is 26.4 Å².